The summed E-state index contributed by atoms with van der Waals surface area (Å²) in [6.45, 7) is 16.4. The van der Waals surface area contributed by atoms with Gasteiger partial charge in [-0.2, -0.15) is 5.10 Å². The van der Waals surface area contributed by atoms with Gasteiger partial charge in [0.15, 0.2) is 0 Å². The van der Waals surface area contributed by atoms with Gasteiger partial charge >= 0.3 is 13.2 Å². The minimum Gasteiger partial charge on any atom is -0.444 e. The Labute approximate surface area is 185 Å². The second-order valence-corrected chi connectivity index (χ2v) is 10.8. The van der Waals surface area contributed by atoms with E-state index >= 15 is 0 Å². The molecule has 1 amide bonds. The molecular weight excluding hydrogens is 397 g/mol. The molecule has 2 fully saturated rings. The smallest absolute Gasteiger partial charge is 0.444 e. The van der Waals surface area contributed by atoms with Crippen LogP contribution in [0, 0.1) is 0 Å². The molecule has 0 unspecified atom stereocenters. The highest BCUT2D eigenvalue weighted by Crippen LogP contribution is 2.37. The highest BCUT2D eigenvalue weighted by atomic mass is 16.7. The van der Waals surface area contributed by atoms with E-state index in [0.29, 0.717) is 19.1 Å². The van der Waals surface area contributed by atoms with Crippen LogP contribution < -0.4 is 5.59 Å². The van der Waals surface area contributed by atoms with E-state index in [-0.39, 0.29) is 6.09 Å². The van der Waals surface area contributed by atoms with Gasteiger partial charge < -0.3 is 23.7 Å². The van der Waals surface area contributed by atoms with Crippen LogP contribution in [0.15, 0.2) is 0 Å². The summed E-state index contributed by atoms with van der Waals surface area (Å²) < 4.78 is 26.0. The number of hydrogen-bond donors (Lipinski definition) is 0. The molecule has 0 N–H and O–H groups in total. The van der Waals surface area contributed by atoms with E-state index < -0.39 is 23.9 Å². The Morgan fingerprint density at radius 2 is 1.74 bits per heavy atom. The summed E-state index contributed by atoms with van der Waals surface area (Å²) in [5.41, 5.74) is 1.56. The molecule has 2 saturated heterocycles. The molecule has 0 radical (unpaired) electrons. The van der Waals surface area contributed by atoms with Crippen molar-refractivity contribution in [3.63, 3.8) is 0 Å². The van der Waals surface area contributed by atoms with Crippen molar-refractivity contribution in [3.05, 3.63) is 11.3 Å². The number of nitrogens with zero attached hydrogens (tertiary/aromatic N) is 3. The van der Waals surface area contributed by atoms with Crippen LogP contribution in [-0.2, 0) is 31.7 Å². The Balaban J connectivity index is 1.67. The molecule has 4 rings (SSSR count). The Morgan fingerprint density at radius 1 is 1.13 bits per heavy atom. The highest BCUT2D eigenvalue weighted by molar-refractivity contribution is 6.61. The van der Waals surface area contributed by atoms with Crippen molar-refractivity contribution in [3.8, 4) is 0 Å². The fourth-order valence-electron chi connectivity index (χ4n) is 4.33. The molecule has 3 aliphatic heterocycles. The van der Waals surface area contributed by atoms with Crippen LogP contribution in [0.25, 0.3) is 0 Å². The average molecular weight is 433 g/mol. The summed E-state index contributed by atoms with van der Waals surface area (Å²) in [6, 6.07) is 0.298. The van der Waals surface area contributed by atoms with Gasteiger partial charge in [0.2, 0.25) is 0 Å². The minimum atomic E-state index is -0.557. The molecule has 9 heteroatoms. The van der Waals surface area contributed by atoms with E-state index in [0.717, 1.165) is 43.6 Å². The van der Waals surface area contributed by atoms with Gasteiger partial charge in [0.05, 0.1) is 29.4 Å². The fraction of sp³-hybridized carbons (Fsp3) is 0.818. The number of fused-ring (bicyclic) bond motifs is 1. The second kappa shape index (κ2) is 7.78. The number of amides is 1. The zero-order valence-electron chi connectivity index (χ0n) is 20.0. The van der Waals surface area contributed by atoms with Crippen molar-refractivity contribution in [1.82, 2.24) is 14.7 Å². The molecule has 4 heterocycles. The van der Waals surface area contributed by atoms with E-state index in [4.69, 9.17) is 23.9 Å². The summed E-state index contributed by atoms with van der Waals surface area (Å²) >= 11 is 0. The first kappa shape index (κ1) is 22.6. The molecule has 0 atom stereocenters. The molecule has 0 spiro atoms. The molecule has 0 aromatic carbocycles. The van der Waals surface area contributed by atoms with E-state index in [2.05, 4.69) is 4.68 Å². The largest absolute Gasteiger partial charge is 0.516 e. The van der Waals surface area contributed by atoms with Gasteiger partial charge in [0.1, 0.15) is 5.60 Å². The predicted molar refractivity (Wildman–Crippen MR) is 117 cm³/mol. The maximum absolute atomic E-state index is 12.8. The van der Waals surface area contributed by atoms with Crippen molar-refractivity contribution < 1.29 is 23.6 Å². The lowest BCUT2D eigenvalue weighted by atomic mass is 9.80. The monoisotopic (exact) mass is 433 g/mol. The topological polar surface area (TPSA) is 75.0 Å². The second-order valence-electron chi connectivity index (χ2n) is 10.8. The van der Waals surface area contributed by atoms with Gasteiger partial charge in [-0.05, 0) is 61.3 Å². The maximum atomic E-state index is 12.8. The summed E-state index contributed by atoms with van der Waals surface area (Å²) in [5, 5.41) is 5.03. The molecule has 0 saturated carbocycles. The number of carbonyl (C=O) groups is 1. The number of rotatable bonds is 2. The quantitative estimate of drug-likeness (QED) is 0.668. The third-order valence-corrected chi connectivity index (χ3v) is 6.78. The first-order valence-corrected chi connectivity index (χ1v) is 11.4. The van der Waals surface area contributed by atoms with Gasteiger partial charge in [-0.3, -0.25) is 4.68 Å². The SMILES string of the molecule is CC(C)(C)OC(=O)N1CCc2c(c(B3OC(C)(C)C(C)(C)O3)nn2C2CCOCC2)C1. The summed E-state index contributed by atoms with van der Waals surface area (Å²) in [7, 11) is -0.557. The Bertz CT molecular complexity index is 823. The molecule has 172 valence electrons. The Kier molecular flexibility index (Phi) is 5.67. The fourth-order valence-corrected chi connectivity index (χ4v) is 4.33. The van der Waals surface area contributed by atoms with Crippen LogP contribution in [-0.4, -0.2) is 64.5 Å². The predicted octanol–water partition coefficient (Wildman–Crippen LogP) is 2.83. The van der Waals surface area contributed by atoms with Crippen LogP contribution in [0.3, 0.4) is 0 Å². The highest BCUT2D eigenvalue weighted by Gasteiger charge is 2.54. The van der Waals surface area contributed by atoms with Gasteiger partial charge in [-0.25, -0.2) is 4.79 Å². The molecule has 8 nitrogen and oxygen atoms in total. The van der Waals surface area contributed by atoms with E-state index in [1.807, 2.05) is 48.5 Å². The van der Waals surface area contributed by atoms with E-state index in [1.54, 1.807) is 4.90 Å². The van der Waals surface area contributed by atoms with Crippen molar-refractivity contribution in [2.24, 2.45) is 0 Å². The van der Waals surface area contributed by atoms with Gasteiger partial charge in [-0.1, -0.05) is 0 Å². The molecule has 0 aliphatic carbocycles. The Morgan fingerprint density at radius 3 is 2.32 bits per heavy atom. The van der Waals surface area contributed by atoms with Crippen molar-refractivity contribution in [2.45, 2.75) is 97.1 Å². The van der Waals surface area contributed by atoms with Crippen molar-refractivity contribution in [2.75, 3.05) is 19.8 Å². The number of ether oxygens (including phenoxy) is 2. The van der Waals surface area contributed by atoms with Gasteiger partial charge in [0, 0.05) is 37.4 Å². The molecule has 31 heavy (non-hydrogen) atoms. The maximum Gasteiger partial charge on any atom is 0.516 e. The number of aromatic nitrogens is 2. The molecule has 0 bridgehead atoms. The molecule has 3 aliphatic rings. The van der Waals surface area contributed by atoms with E-state index in [9.17, 15) is 4.79 Å². The minimum absolute atomic E-state index is 0.295. The number of carbonyl (C=O) groups excluding carboxylic acids is 1. The lowest BCUT2D eigenvalue weighted by molar-refractivity contribution is 0.00578. The Hall–Kier alpha value is -1.58. The zero-order chi connectivity index (χ0) is 22.6. The van der Waals surface area contributed by atoms with Crippen molar-refractivity contribution >= 4 is 18.8 Å². The standard InChI is InChI=1S/C22H36BN3O5/c1-20(2,3)29-19(27)25-11-8-17-16(14-25)18(23-30-21(4,5)22(6,7)31-23)24-26(17)15-9-12-28-13-10-15/h15H,8-14H2,1-7H3. The third kappa shape index (κ3) is 4.37. The van der Waals surface area contributed by atoms with Gasteiger partial charge in [-0.15, -0.1) is 0 Å². The number of hydrogen-bond acceptors (Lipinski definition) is 6. The van der Waals surface area contributed by atoms with Crippen LogP contribution in [0.1, 0.15) is 78.6 Å². The van der Waals surface area contributed by atoms with Crippen LogP contribution in [0.2, 0.25) is 0 Å². The summed E-state index contributed by atoms with van der Waals surface area (Å²) in [4.78, 5) is 14.5. The molecule has 1 aromatic heterocycles. The summed E-state index contributed by atoms with van der Waals surface area (Å²) in [6.07, 6.45) is 2.31. The first-order chi connectivity index (χ1) is 14.4. The normalized spacial score (nSPS) is 23.7. The molecular formula is C22H36BN3O5. The third-order valence-electron chi connectivity index (χ3n) is 6.78. The van der Waals surface area contributed by atoms with Crippen molar-refractivity contribution in [1.29, 1.82) is 0 Å². The van der Waals surface area contributed by atoms with Crippen LogP contribution in [0.4, 0.5) is 4.79 Å². The zero-order valence-corrected chi connectivity index (χ0v) is 20.0. The van der Waals surface area contributed by atoms with Gasteiger partial charge in [0.25, 0.3) is 0 Å². The van der Waals surface area contributed by atoms with E-state index in [1.165, 1.54) is 5.69 Å². The lowest BCUT2D eigenvalue weighted by Gasteiger charge is -2.32. The van der Waals surface area contributed by atoms with Crippen LogP contribution in [0.5, 0.6) is 0 Å². The first-order valence-electron chi connectivity index (χ1n) is 11.4. The summed E-state index contributed by atoms with van der Waals surface area (Å²) in [5.74, 6) is 0. The molecule has 1 aromatic rings. The van der Waals surface area contributed by atoms with Crippen LogP contribution >= 0.6 is 0 Å². The average Bonchev–Trinajstić information content (AvgIpc) is 3.14. The lowest BCUT2D eigenvalue weighted by Crippen LogP contribution is -2.44.